The lowest BCUT2D eigenvalue weighted by molar-refractivity contribution is 0.421. The molecule has 3 aromatic heterocycles. The molecule has 4 aromatic rings. The van der Waals surface area contributed by atoms with Gasteiger partial charge in [-0.1, -0.05) is 23.9 Å². The molecule has 0 fully saturated rings. The van der Waals surface area contributed by atoms with Gasteiger partial charge >= 0.3 is 0 Å². The van der Waals surface area contributed by atoms with E-state index in [9.17, 15) is 0 Å². The summed E-state index contributed by atoms with van der Waals surface area (Å²) in [5.41, 5.74) is 3.52. The van der Waals surface area contributed by atoms with E-state index in [2.05, 4.69) is 43.4 Å². The van der Waals surface area contributed by atoms with Crippen LogP contribution in [0.15, 0.2) is 66.0 Å². The first-order chi connectivity index (χ1) is 13.3. The van der Waals surface area contributed by atoms with Gasteiger partial charge < -0.3 is 9.09 Å². The molecule has 0 amide bonds. The summed E-state index contributed by atoms with van der Waals surface area (Å²) in [6.45, 7) is 2.73. The molecule has 6 nitrogen and oxygen atoms in total. The van der Waals surface area contributed by atoms with Crippen LogP contribution in [0.2, 0.25) is 0 Å². The topological polar surface area (TPSA) is 69.6 Å². The summed E-state index contributed by atoms with van der Waals surface area (Å²) in [7, 11) is 0. The summed E-state index contributed by atoms with van der Waals surface area (Å²) >= 11 is 0. The predicted molar refractivity (Wildman–Crippen MR) is 101 cm³/mol. The van der Waals surface area contributed by atoms with Crippen molar-refractivity contribution in [3.05, 3.63) is 84.1 Å². The highest BCUT2D eigenvalue weighted by molar-refractivity contribution is 5.59. The average molecular weight is 355 g/mol. The van der Waals surface area contributed by atoms with E-state index >= 15 is 0 Å². The van der Waals surface area contributed by atoms with E-state index in [1.807, 2.05) is 36.5 Å². The quantitative estimate of drug-likeness (QED) is 0.525. The van der Waals surface area contributed by atoms with Gasteiger partial charge in [-0.25, -0.2) is 15.0 Å². The third kappa shape index (κ3) is 3.93. The van der Waals surface area contributed by atoms with Crippen LogP contribution in [-0.2, 0) is 13.0 Å². The van der Waals surface area contributed by atoms with Gasteiger partial charge in [0.2, 0.25) is 0 Å². The number of benzene rings is 1. The van der Waals surface area contributed by atoms with Crippen LogP contribution in [0.3, 0.4) is 0 Å². The highest BCUT2D eigenvalue weighted by Crippen LogP contribution is 2.21. The molecule has 0 bridgehead atoms. The zero-order chi connectivity index (χ0) is 18.5. The molecule has 0 saturated carbocycles. The Balaban J connectivity index is 1.48. The van der Waals surface area contributed by atoms with Crippen molar-refractivity contribution in [1.29, 1.82) is 0 Å². The van der Waals surface area contributed by atoms with Crippen LogP contribution in [0, 0.1) is 11.8 Å². The Kier molecular flexibility index (Phi) is 4.75. The molecule has 132 valence electrons. The molecule has 0 atom stereocenters. The van der Waals surface area contributed by atoms with Crippen molar-refractivity contribution in [1.82, 2.24) is 24.7 Å². The Labute approximate surface area is 156 Å². The van der Waals surface area contributed by atoms with Crippen LogP contribution in [0.5, 0.6) is 0 Å². The smallest absolute Gasteiger partial charge is 0.167 e. The van der Waals surface area contributed by atoms with E-state index in [-0.39, 0.29) is 0 Å². The maximum atomic E-state index is 5.51. The van der Waals surface area contributed by atoms with Gasteiger partial charge in [0.15, 0.2) is 5.76 Å². The van der Waals surface area contributed by atoms with Gasteiger partial charge in [0.25, 0.3) is 0 Å². The summed E-state index contributed by atoms with van der Waals surface area (Å²) in [4.78, 5) is 12.2. The second kappa shape index (κ2) is 7.67. The standard InChI is InChI=1S/C21H17N5O/c1-2-21-24-9-10-26(21)14-19-11-20(27-25-19)18-7-5-16(6-8-18)3-4-17-12-22-15-23-13-17/h5-13,15H,2,14H2,1H3. The molecule has 0 aliphatic rings. The number of hydrogen-bond donors (Lipinski definition) is 0. The highest BCUT2D eigenvalue weighted by Gasteiger charge is 2.09. The minimum absolute atomic E-state index is 0.648. The second-order valence-corrected chi connectivity index (χ2v) is 5.96. The highest BCUT2D eigenvalue weighted by atomic mass is 16.5. The number of hydrogen-bond acceptors (Lipinski definition) is 5. The molecule has 0 aliphatic heterocycles. The van der Waals surface area contributed by atoms with Crippen LogP contribution in [0.4, 0.5) is 0 Å². The number of rotatable bonds is 4. The van der Waals surface area contributed by atoms with Gasteiger partial charge in [0, 0.05) is 48.4 Å². The molecule has 1 aromatic carbocycles. The average Bonchev–Trinajstić information content (AvgIpc) is 3.37. The molecule has 0 N–H and O–H groups in total. The zero-order valence-electron chi connectivity index (χ0n) is 14.8. The lowest BCUT2D eigenvalue weighted by Gasteiger charge is -2.02. The molecule has 0 saturated heterocycles. The monoisotopic (exact) mass is 355 g/mol. The van der Waals surface area contributed by atoms with Crippen molar-refractivity contribution in [2.24, 2.45) is 0 Å². The molecule has 0 radical (unpaired) electrons. The summed E-state index contributed by atoms with van der Waals surface area (Å²) in [6, 6.07) is 9.83. The Morgan fingerprint density at radius 1 is 1.04 bits per heavy atom. The van der Waals surface area contributed by atoms with Gasteiger partial charge in [-0.2, -0.15) is 0 Å². The lowest BCUT2D eigenvalue weighted by Crippen LogP contribution is -2.03. The maximum absolute atomic E-state index is 5.51. The Morgan fingerprint density at radius 2 is 1.81 bits per heavy atom. The molecule has 3 heterocycles. The van der Waals surface area contributed by atoms with Crippen molar-refractivity contribution >= 4 is 0 Å². The SMILES string of the molecule is CCc1nccn1Cc1cc(-c2ccc(C#Cc3cncnc3)cc2)on1. The lowest BCUT2D eigenvalue weighted by atomic mass is 10.1. The summed E-state index contributed by atoms with van der Waals surface area (Å²) in [5.74, 6) is 7.91. The van der Waals surface area contributed by atoms with E-state index in [0.717, 1.165) is 40.4 Å². The largest absolute Gasteiger partial charge is 0.356 e. The fourth-order valence-corrected chi connectivity index (χ4v) is 2.72. The van der Waals surface area contributed by atoms with Gasteiger partial charge in [-0.05, 0) is 24.3 Å². The molecule has 27 heavy (non-hydrogen) atoms. The Bertz CT molecular complexity index is 1080. The van der Waals surface area contributed by atoms with Crippen molar-refractivity contribution < 1.29 is 4.52 Å². The summed E-state index contributed by atoms with van der Waals surface area (Å²) in [5, 5.41) is 4.18. The van der Waals surface area contributed by atoms with Gasteiger partial charge in [-0.15, -0.1) is 0 Å². The van der Waals surface area contributed by atoms with Crippen molar-refractivity contribution in [2.75, 3.05) is 0 Å². The van der Waals surface area contributed by atoms with E-state index in [1.54, 1.807) is 18.6 Å². The molecule has 0 spiro atoms. The van der Waals surface area contributed by atoms with E-state index < -0.39 is 0 Å². The summed E-state index contributed by atoms with van der Waals surface area (Å²) < 4.78 is 7.58. The van der Waals surface area contributed by atoms with Crippen molar-refractivity contribution in [3.63, 3.8) is 0 Å². The first-order valence-corrected chi connectivity index (χ1v) is 8.65. The normalized spacial score (nSPS) is 10.4. The van der Waals surface area contributed by atoms with Gasteiger partial charge in [0.05, 0.1) is 12.1 Å². The number of aryl methyl sites for hydroxylation is 1. The van der Waals surface area contributed by atoms with E-state index in [0.29, 0.717) is 6.54 Å². The fourth-order valence-electron chi connectivity index (χ4n) is 2.72. The van der Waals surface area contributed by atoms with Gasteiger partial charge in [0.1, 0.15) is 17.8 Å². The first kappa shape index (κ1) is 16.7. The third-order valence-electron chi connectivity index (χ3n) is 4.09. The predicted octanol–water partition coefficient (Wildman–Crippen LogP) is 3.34. The van der Waals surface area contributed by atoms with Crippen LogP contribution in [-0.4, -0.2) is 24.7 Å². The third-order valence-corrected chi connectivity index (χ3v) is 4.09. The van der Waals surface area contributed by atoms with Gasteiger partial charge in [-0.3, -0.25) is 0 Å². The Hall–Kier alpha value is -3.72. The minimum Gasteiger partial charge on any atom is -0.356 e. The summed E-state index contributed by atoms with van der Waals surface area (Å²) in [6.07, 6.45) is 9.51. The number of nitrogens with zero attached hydrogens (tertiary/aromatic N) is 5. The van der Waals surface area contributed by atoms with Crippen molar-refractivity contribution in [2.45, 2.75) is 19.9 Å². The molecule has 0 unspecified atom stereocenters. The number of imidazole rings is 1. The molecule has 4 rings (SSSR count). The molecule has 6 heteroatoms. The maximum Gasteiger partial charge on any atom is 0.167 e. The Morgan fingerprint density at radius 3 is 2.59 bits per heavy atom. The van der Waals surface area contributed by atoms with Crippen LogP contribution in [0.25, 0.3) is 11.3 Å². The van der Waals surface area contributed by atoms with E-state index in [1.165, 1.54) is 6.33 Å². The molecular weight excluding hydrogens is 338 g/mol. The zero-order valence-corrected chi connectivity index (χ0v) is 14.8. The minimum atomic E-state index is 0.648. The van der Waals surface area contributed by atoms with E-state index in [4.69, 9.17) is 4.52 Å². The van der Waals surface area contributed by atoms with Crippen LogP contribution < -0.4 is 0 Å². The second-order valence-electron chi connectivity index (χ2n) is 5.96. The van der Waals surface area contributed by atoms with Crippen LogP contribution in [0.1, 0.15) is 29.6 Å². The molecule has 0 aliphatic carbocycles. The van der Waals surface area contributed by atoms with Crippen molar-refractivity contribution in [3.8, 4) is 23.2 Å². The number of aromatic nitrogens is 5. The first-order valence-electron chi connectivity index (χ1n) is 8.65. The molecular formula is C21H17N5O. The van der Waals surface area contributed by atoms with Crippen LogP contribution >= 0.6 is 0 Å². The fraction of sp³-hybridized carbons (Fsp3) is 0.143.